The number of hydrogen-bond acceptors (Lipinski definition) is 2. The van der Waals surface area contributed by atoms with E-state index in [-0.39, 0.29) is 23.9 Å². The quantitative estimate of drug-likeness (QED) is 0.761. The Morgan fingerprint density at radius 3 is 2.33 bits per heavy atom. The minimum absolute atomic E-state index is 0.0573. The van der Waals surface area contributed by atoms with E-state index in [9.17, 15) is 4.79 Å². The number of halogens is 1. The van der Waals surface area contributed by atoms with E-state index in [0.29, 0.717) is 5.02 Å². The fourth-order valence-electron chi connectivity index (χ4n) is 3.04. The second-order valence-corrected chi connectivity index (χ2v) is 5.97. The number of hydrogen-bond donors (Lipinski definition) is 0. The molecule has 3 atom stereocenters. The number of esters is 1. The van der Waals surface area contributed by atoms with Gasteiger partial charge in [0.1, 0.15) is 0 Å². The van der Waals surface area contributed by atoms with Crippen LogP contribution >= 0.6 is 11.6 Å². The van der Waals surface area contributed by atoms with Crippen LogP contribution in [-0.2, 0) is 9.53 Å². The van der Waals surface area contributed by atoms with Gasteiger partial charge in [0.15, 0.2) is 0 Å². The largest absolute Gasteiger partial charge is 0.462 e. The maximum atomic E-state index is 12.4. The maximum absolute atomic E-state index is 12.4. The van der Waals surface area contributed by atoms with Gasteiger partial charge in [-0.1, -0.05) is 54.1 Å². The second kappa shape index (κ2) is 5.90. The number of ether oxygens (including phenoxy) is 1. The monoisotopic (exact) mass is 300 g/mol. The van der Waals surface area contributed by atoms with Gasteiger partial charge in [-0.05, 0) is 36.6 Å². The van der Waals surface area contributed by atoms with Crippen LogP contribution in [0.5, 0.6) is 0 Å². The highest BCUT2D eigenvalue weighted by atomic mass is 35.5. The van der Waals surface area contributed by atoms with Crippen molar-refractivity contribution in [2.75, 3.05) is 0 Å². The Hall–Kier alpha value is -1.80. The lowest BCUT2D eigenvalue weighted by Gasteiger charge is -2.34. The van der Waals surface area contributed by atoms with Crippen LogP contribution in [0.4, 0.5) is 0 Å². The van der Waals surface area contributed by atoms with Gasteiger partial charge in [-0.15, -0.1) is 0 Å². The standard InChI is InChI=1S/C18H17ClO2/c1-12-11-16(13-7-9-15(19)10-8-13)17(18(20)21-12)14-5-3-2-4-6-14/h2-10,12,16-17H,11H2,1H3. The number of rotatable bonds is 2. The summed E-state index contributed by atoms with van der Waals surface area (Å²) in [6, 6.07) is 17.6. The molecule has 1 aliphatic rings. The van der Waals surface area contributed by atoms with Gasteiger partial charge in [-0.3, -0.25) is 4.79 Å². The molecular weight excluding hydrogens is 284 g/mol. The minimum Gasteiger partial charge on any atom is -0.462 e. The molecule has 0 amide bonds. The number of carbonyl (C=O) groups is 1. The third kappa shape index (κ3) is 2.96. The average molecular weight is 301 g/mol. The lowest BCUT2D eigenvalue weighted by Crippen LogP contribution is -2.34. The highest BCUT2D eigenvalue weighted by Gasteiger charge is 2.38. The molecular formula is C18H17ClO2. The van der Waals surface area contributed by atoms with Crippen LogP contribution < -0.4 is 0 Å². The van der Waals surface area contributed by atoms with E-state index in [1.165, 1.54) is 0 Å². The predicted octanol–water partition coefficient (Wildman–Crippen LogP) is 4.54. The lowest BCUT2D eigenvalue weighted by atomic mass is 9.77. The van der Waals surface area contributed by atoms with E-state index in [1.54, 1.807) is 0 Å². The van der Waals surface area contributed by atoms with Gasteiger partial charge < -0.3 is 4.74 Å². The number of cyclic esters (lactones) is 1. The highest BCUT2D eigenvalue weighted by molar-refractivity contribution is 6.30. The van der Waals surface area contributed by atoms with Gasteiger partial charge in [0.2, 0.25) is 0 Å². The van der Waals surface area contributed by atoms with Crippen molar-refractivity contribution >= 4 is 17.6 Å². The Balaban J connectivity index is 2.01. The van der Waals surface area contributed by atoms with Gasteiger partial charge in [0.05, 0.1) is 12.0 Å². The molecule has 0 saturated carbocycles. The summed E-state index contributed by atoms with van der Waals surface area (Å²) in [5, 5.41) is 0.710. The van der Waals surface area contributed by atoms with Crippen molar-refractivity contribution in [3.05, 3.63) is 70.7 Å². The zero-order valence-electron chi connectivity index (χ0n) is 11.8. The fourth-order valence-corrected chi connectivity index (χ4v) is 3.17. The zero-order valence-corrected chi connectivity index (χ0v) is 12.6. The molecule has 1 fully saturated rings. The van der Waals surface area contributed by atoms with Crippen LogP contribution in [0.15, 0.2) is 54.6 Å². The molecule has 1 heterocycles. The average Bonchev–Trinajstić information content (AvgIpc) is 2.48. The first-order valence-electron chi connectivity index (χ1n) is 7.16. The third-order valence-electron chi connectivity index (χ3n) is 4.02. The van der Waals surface area contributed by atoms with E-state index in [4.69, 9.17) is 16.3 Å². The van der Waals surface area contributed by atoms with Crippen LogP contribution in [0, 0.1) is 0 Å². The number of benzene rings is 2. The van der Waals surface area contributed by atoms with Crippen molar-refractivity contribution in [2.24, 2.45) is 0 Å². The summed E-state index contributed by atoms with van der Waals surface area (Å²) in [6.07, 6.45) is 0.769. The molecule has 3 unspecified atom stereocenters. The molecule has 0 aliphatic carbocycles. The molecule has 3 heteroatoms. The van der Waals surface area contributed by atoms with E-state index >= 15 is 0 Å². The van der Waals surface area contributed by atoms with E-state index in [0.717, 1.165) is 17.5 Å². The Morgan fingerprint density at radius 1 is 1.00 bits per heavy atom. The second-order valence-electron chi connectivity index (χ2n) is 5.53. The Bertz CT molecular complexity index is 621. The lowest BCUT2D eigenvalue weighted by molar-refractivity contribution is -0.156. The summed E-state index contributed by atoms with van der Waals surface area (Å²) >= 11 is 5.97. The summed E-state index contributed by atoms with van der Waals surface area (Å²) in [6.45, 7) is 1.95. The van der Waals surface area contributed by atoms with E-state index < -0.39 is 0 Å². The normalized spacial score (nSPS) is 25.4. The third-order valence-corrected chi connectivity index (χ3v) is 4.27. The molecule has 21 heavy (non-hydrogen) atoms. The van der Waals surface area contributed by atoms with Gasteiger partial charge in [-0.2, -0.15) is 0 Å². The van der Waals surface area contributed by atoms with Crippen molar-refractivity contribution < 1.29 is 9.53 Å². The Labute approximate surface area is 129 Å². The Kier molecular flexibility index (Phi) is 3.98. The highest BCUT2D eigenvalue weighted by Crippen LogP contribution is 2.41. The van der Waals surface area contributed by atoms with E-state index in [2.05, 4.69) is 0 Å². The molecule has 0 bridgehead atoms. The molecule has 0 spiro atoms. The number of carbonyl (C=O) groups excluding carboxylic acids is 1. The topological polar surface area (TPSA) is 26.3 Å². The van der Waals surface area contributed by atoms with Crippen LogP contribution in [0.1, 0.15) is 36.3 Å². The smallest absolute Gasteiger partial charge is 0.314 e. The molecule has 1 saturated heterocycles. The summed E-state index contributed by atoms with van der Waals surface area (Å²) < 4.78 is 5.46. The molecule has 2 aromatic carbocycles. The van der Waals surface area contributed by atoms with Crippen LogP contribution in [0.25, 0.3) is 0 Å². The molecule has 0 N–H and O–H groups in total. The molecule has 0 aromatic heterocycles. The fraction of sp³-hybridized carbons (Fsp3) is 0.278. The van der Waals surface area contributed by atoms with Crippen LogP contribution in [-0.4, -0.2) is 12.1 Å². The van der Waals surface area contributed by atoms with Gasteiger partial charge in [0.25, 0.3) is 0 Å². The molecule has 2 aromatic rings. The maximum Gasteiger partial charge on any atom is 0.314 e. The SMILES string of the molecule is CC1CC(c2ccc(Cl)cc2)C(c2ccccc2)C(=O)O1. The van der Waals surface area contributed by atoms with Gasteiger partial charge >= 0.3 is 5.97 Å². The van der Waals surface area contributed by atoms with Gasteiger partial charge in [0, 0.05) is 10.9 Å². The Morgan fingerprint density at radius 2 is 1.67 bits per heavy atom. The van der Waals surface area contributed by atoms with Crippen molar-refractivity contribution in [2.45, 2.75) is 31.3 Å². The first-order chi connectivity index (χ1) is 10.1. The minimum atomic E-state index is -0.247. The van der Waals surface area contributed by atoms with Crippen molar-refractivity contribution in [1.29, 1.82) is 0 Å². The van der Waals surface area contributed by atoms with E-state index in [1.807, 2.05) is 61.5 Å². The predicted molar refractivity (Wildman–Crippen MR) is 83.5 cm³/mol. The van der Waals surface area contributed by atoms with Gasteiger partial charge in [-0.25, -0.2) is 0 Å². The molecule has 108 valence electrons. The first-order valence-corrected chi connectivity index (χ1v) is 7.54. The summed E-state index contributed by atoms with van der Waals surface area (Å²) in [5.74, 6) is -0.260. The summed E-state index contributed by atoms with van der Waals surface area (Å²) in [5.41, 5.74) is 2.14. The van der Waals surface area contributed by atoms with Crippen LogP contribution in [0.2, 0.25) is 5.02 Å². The summed E-state index contributed by atoms with van der Waals surface area (Å²) in [4.78, 5) is 12.4. The molecule has 2 nitrogen and oxygen atoms in total. The molecule has 0 radical (unpaired) electrons. The molecule has 1 aliphatic heterocycles. The van der Waals surface area contributed by atoms with Crippen LogP contribution in [0.3, 0.4) is 0 Å². The first kappa shape index (κ1) is 14.2. The van der Waals surface area contributed by atoms with Crippen molar-refractivity contribution in [3.63, 3.8) is 0 Å². The van der Waals surface area contributed by atoms with Crippen molar-refractivity contribution in [1.82, 2.24) is 0 Å². The summed E-state index contributed by atoms with van der Waals surface area (Å²) in [7, 11) is 0. The van der Waals surface area contributed by atoms with Crippen molar-refractivity contribution in [3.8, 4) is 0 Å². The zero-order chi connectivity index (χ0) is 14.8. The molecule has 3 rings (SSSR count).